The lowest BCUT2D eigenvalue weighted by Gasteiger charge is -2.20. The molecule has 0 aromatic heterocycles. The maximum Gasteiger partial charge on any atom is 0.327 e. The summed E-state index contributed by atoms with van der Waals surface area (Å²) in [6.45, 7) is 2.97. The van der Waals surface area contributed by atoms with Crippen LogP contribution in [0.5, 0.6) is 0 Å². The van der Waals surface area contributed by atoms with Gasteiger partial charge in [-0.25, -0.2) is 4.79 Å². The van der Waals surface area contributed by atoms with Gasteiger partial charge in [-0.15, -0.1) is 0 Å². The third kappa shape index (κ3) is 4.00. The molecule has 1 spiro atoms. The number of hydrogen-bond donors (Lipinski definition) is 2. The van der Waals surface area contributed by atoms with Crippen LogP contribution in [0, 0.1) is 0 Å². The van der Waals surface area contributed by atoms with Crippen LogP contribution in [-0.2, 0) is 25.5 Å². The van der Waals surface area contributed by atoms with E-state index >= 15 is 0 Å². The summed E-state index contributed by atoms with van der Waals surface area (Å²) in [5, 5.41) is 5.38. The van der Waals surface area contributed by atoms with Crippen LogP contribution >= 0.6 is 0 Å². The monoisotopic (exact) mass is 387 g/mol. The lowest BCUT2D eigenvalue weighted by Crippen LogP contribution is -2.44. The summed E-state index contributed by atoms with van der Waals surface area (Å²) in [5.41, 5.74) is 0.874. The van der Waals surface area contributed by atoms with Crippen molar-refractivity contribution in [2.75, 3.05) is 11.9 Å². The second-order valence-corrected chi connectivity index (χ2v) is 7.28. The molecule has 1 aromatic rings. The van der Waals surface area contributed by atoms with Gasteiger partial charge in [-0.1, -0.05) is 31.9 Å². The number of ether oxygens (including phenoxy) is 1. The van der Waals surface area contributed by atoms with Gasteiger partial charge in [0.25, 0.3) is 11.8 Å². The number of benzene rings is 1. The molecule has 0 radical (unpaired) electrons. The van der Waals surface area contributed by atoms with Crippen LogP contribution in [-0.4, -0.2) is 46.9 Å². The van der Waals surface area contributed by atoms with Crippen LogP contribution in [0.15, 0.2) is 24.3 Å². The molecule has 0 unspecified atom stereocenters. The minimum atomic E-state index is -1.06. The third-order valence-electron chi connectivity index (χ3n) is 5.30. The normalized spacial score (nSPS) is 18.9. The Balaban J connectivity index is 1.53. The first kappa shape index (κ1) is 19.9. The Morgan fingerprint density at radius 2 is 1.86 bits per heavy atom. The predicted molar refractivity (Wildman–Crippen MR) is 101 cm³/mol. The highest BCUT2D eigenvalue weighted by Gasteiger charge is 2.52. The molecule has 1 aliphatic carbocycles. The number of amides is 4. The van der Waals surface area contributed by atoms with Crippen molar-refractivity contribution in [1.29, 1.82) is 0 Å². The van der Waals surface area contributed by atoms with Crippen molar-refractivity contribution >= 4 is 29.5 Å². The SMILES string of the molecule is CCc1ccc(NC(=O)[C@H](C)OC(=O)CN2C(=O)NC3(CCCC3)C2=O)cc1. The molecule has 1 saturated heterocycles. The molecule has 1 saturated carbocycles. The summed E-state index contributed by atoms with van der Waals surface area (Å²) < 4.78 is 5.11. The molecule has 8 heteroatoms. The molecular weight excluding hydrogens is 362 g/mol. The maximum atomic E-state index is 12.5. The molecule has 2 aliphatic rings. The number of rotatable bonds is 6. The van der Waals surface area contributed by atoms with Gasteiger partial charge in [0.2, 0.25) is 0 Å². The highest BCUT2D eigenvalue weighted by molar-refractivity contribution is 6.09. The van der Waals surface area contributed by atoms with Crippen molar-refractivity contribution in [3.8, 4) is 0 Å². The minimum Gasteiger partial charge on any atom is -0.451 e. The van der Waals surface area contributed by atoms with E-state index in [2.05, 4.69) is 10.6 Å². The van der Waals surface area contributed by atoms with Crippen molar-refractivity contribution in [3.05, 3.63) is 29.8 Å². The molecule has 1 aliphatic heterocycles. The van der Waals surface area contributed by atoms with Gasteiger partial charge in [0.15, 0.2) is 6.10 Å². The third-order valence-corrected chi connectivity index (χ3v) is 5.30. The Morgan fingerprint density at radius 1 is 1.21 bits per heavy atom. The average molecular weight is 387 g/mol. The number of urea groups is 1. The molecule has 1 atom stereocenters. The molecule has 150 valence electrons. The number of aryl methyl sites for hydroxylation is 1. The fourth-order valence-electron chi connectivity index (χ4n) is 3.62. The zero-order chi connectivity index (χ0) is 20.3. The fourth-order valence-corrected chi connectivity index (χ4v) is 3.62. The van der Waals surface area contributed by atoms with Crippen molar-refractivity contribution in [3.63, 3.8) is 0 Å². The lowest BCUT2D eigenvalue weighted by atomic mass is 9.98. The summed E-state index contributed by atoms with van der Waals surface area (Å²) in [6, 6.07) is 6.78. The van der Waals surface area contributed by atoms with E-state index < -0.39 is 36.1 Å². The largest absolute Gasteiger partial charge is 0.451 e. The first-order chi connectivity index (χ1) is 13.3. The molecule has 2 fully saturated rings. The van der Waals surface area contributed by atoms with Gasteiger partial charge in [0.1, 0.15) is 12.1 Å². The number of nitrogens with one attached hydrogen (secondary N) is 2. The van der Waals surface area contributed by atoms with Gasteiger partial charge >= 0.3 is 12.0 Å². The number of hydrogen-bond acceptors (Lipinski definition) is 5. The van der Waals surface area contributed by atoms with Crippen molar-refractivity contribution in [2.45, 2.75) is 57.6 Å². The van der Waals surface area contributed by atoms with Gasteiger partial charge in [-0.3, -0.25) is 19.3 Å². The minimum absolute atomic E-state index is 0.389. The van der Waals surface area contributed by atoms with Gasteiger partial charge in [0.05, 0.1) is 0 Å². The second kappa shape index (κ2) is 8.00. The number of imide groups is 1. The first-order valence-corrected chi connectivity index (χ1v) is 9.58. The fraction of sp³-hybridized carbons (Fsp3) is 0.500. The molecule has 4 amide bonds. The highest BCUT2D eigenvalue weighted by Crippen LogP contribution is 2.34. The zero-order valence-electron chi connectivity index (χ0n) is 16.1. The Bertz CT molecular complexity index is 784. The molecule has 0 bridgehead atoms. The predicted octanol–water partition coefficient (Wildman–Crippen LogP) is 1.98. The van der Waals surface area contributed by atoms with E-state index in [1.807, 2.05) is 19.1 Å². The lowest BCUT2D eigenvalue weighted by molar-refractivity contribution is -0.155. The van der Waals surface area contributed by atoms with E-state index in [9.17, 15) is 19.2 Å². The van der Waals surface area contributed by atoms with Crippen molar-refractivity contribution in [2.24, 2.45) is 0 Å². The van der Waals surface area contributed by atoms with E-state index in [1.165, 1.54) is 6.92 Å². The van der Waals surface area contributed by atoms with Gasteiger partial charge in [-0.2, -0.15) is 0 Å². The maximum absolute atomic E-state index is 12.5. The Hall–Kier alpha value is -2.90. The number of nitrogens with zero attached hydrogens (tertiary/aromatic N) is 1. The van der Waals surface area contributed by atoms with Crippen LogP contribution < -0.4 is 10.6 Å². The van der Waals surface area contributed by atoms with E-state index in [4.69, 9.17) is 4.74 Å². The van der Waals surface area contributed by atoms with Crippen LogP contribution in [0.1, 0.15) is 45.1 Å². The summed E-state index contributed by atoms with van der Waals surface area (Å²) >= 11 is 0. The summed E-state index contributed by atoms with van der Waals surface area (Å²) in [7, 11) is 0. The Morgan fingerprint density at radius 3 is 2.46 bits per heavy atom. The molecule has 2 N–H and O–H groups in total. The van der Waals surface area contributed by atoms with Gasteiger partial charge < -0.3 is 15.4 Å². The summed E-state index contributed by atoms with van der Waals surface area (Å²) in [6.07, 6.45) is 2.73. The molecular formula is C20H25N3O5. The number of anilines is 1. The molecule has 8 nitrogen and oxygen atoms in total. The standard InChI is InChI=1S/C20H25N3O5/c1-3-14-6-8-15(9-7-14)21-17(25)13(2)28-16(24)12-23-18(26)20(22-19(23)27)10-4-5-11-20/h6-9,13H,3-5,10-12H2,1-2H3,(H,21,25)(H,22,27)/t13-/m0/s1. The smallest absolute Gasteiger partial charge is 0.327 e. The number of esters is 1. The van der Waals surface area contributed by atoms with Crippen molar-refractivity contribution in [1.82, 2.24) is 10.2 Å². The van der Waals surface area contributed by atoms with Gasteiger partial charge in [0, 0.05) is 5.69 Å². The number of carbonyl (C=O) groups is 4. The molecule has 28 heavy (non-hydrogen) atoms. The quantitative estimate of drug-likeness (QED) is 0.574. The molecule has 1 heterocycles. The summed E-state index contributed by atoms with van der Waals surface area (Å²) in [4.78, 5) is 49.9. The molecule has 1 aromatic carbocycles. The second-order valence-electron chi connectivity index (χ2n) is 7.28. The van der Waals surface area contributed by atoms with E-state index in [0.29, 0.717) is 18.5 Å². The first-order valence-electron chi connectivity index (χ1n) is 9.58. The Labute approximate surface area is 163 Å². The van der Waals surface area contributed by atoms with Crippen LogP contribution in [0.2, 0.25) is 0 Å². The van der Waals surface area contributed by atoms with E-state index in [-0.39, 0.29) is 5.91 Å². The Kier molecular flexibility index (Phi) is 5.67. The van der Waals surface area contributed by atoms with Crippen LogP contribution in [0.3, 0.4) is 0 Å². The molecule has 3 rings (SSSR count). The topological polar surface area (TPSA) is 105 Å². The highest BCUT2D eigenvalue weighted by atomic mass is 16.5. The van der Waals surface area contributed by atoms with E-state index in [0.717, 1.165) is 29.7 Å². The summed E-state index contributed by atoms with van der Waals surface area (Å²) in [5.74, 6) is -1.68. The average Bonchev–Trinajstić information content (AvgIpc) is 3.23. The van der Waals surface area contributed by atoms with E-state index in [1.54, 1.807) is 12.1 Å². The van der Waals surface area contributed by atoms with Crippen molar-refractivity contribution < 1.29 is 23.9 Å². The van der Waals surface area contributed by atoms with Gasteiger partial charge in [-0.05, 0) is 43.9 Å². The number of carbonyl (C=O) groups excluding carboxylic acids is 4. The van der Waals surface area contributed by atoms with Crippen LogP contribution in [0.4, 0.5) is 10.5 Å². The zero-order valence-corrected chi connectivity index (χ0v) is 16.1. The van der Waals surface area contributed by atoms with Crippen LogP contribution in [0.25, 0.3) is 0 Å².